The minimum atomic E-state index is -0.391. The van der Waals surface area contributed by atoms with E-state index in [0.717, 1.165) is 17.7 Å². The summed E-state index contributed by atoms with van der Waals surface area (Å²) in [6.45, 7) is 4.71. The molecule has 2 aromatic rings. The van der Waals surface area contributed by atoms with Gasteiger partial charge < -0.3 is 10.1 Å². The number of hydrogen-bond donors (Lipinski definition) is 1. The highest BCUT2D eigenvalue weighted by molar-refractivity contribution is 8.26. The quantitative estimate of drug-likeness (QED) is 0.488. The zero-order valence-corrected chi connectivity index (χ0v) is 20.0. The fraction of sp³-hybridized carbons (Fsp3) is 0.304. The average Bonchev–Trinajstić information content (AvgIpc) is 3.05. The van der Waals surface area contributed by atoms with Crippen LogP contribution in [0.25, 0.3) is 6.08 Å². The van der Waals surface area contributed by atoms with Crippen molar-refractivity contribution in [2.45, 2.75) is 26.8 Å². The van der Waals surface area contributed by atoms with Crippen molar-refractivity contribution in [1.82, 2.24) is 9.47 Å². The number of amides is 1. The number of anilines is 1. The van der Waals surface area contributed by atoms with Gasteiger partial charge in [-0.3, -0.25) is 19.1 Å². The number of aromatic nitrogens is 1. The number of carbonyl (C=O) groups excluding carboxylic acids is 1. The van der Waals surface area contributed by atoms with Gasteiger partial charge >= 0.3 is 0 Å². The number of nitrogens with zero attached hydrogens (tertiary/aromatic N) is 3. The number of thioether (sulfide) groups is 1. The molecule has 32 heavy (non-hydrogen) atoms. The van der Waals surface area contributed by atoms with E-state index < -0.39 is 5.56 Å². The Morgan fingerprint density at radius 1 is 1.28 bits per heavy atom. The Hall–Kier alpha value is -3.09. The van der Waals surface area contributed by atoms with Crippen molar-refractivity contribution < 1.29 is 9.53 Å². The second kappa shape index (κ2) is 10.0. The third-order valence-corrected chi connectivity index (χ3v) is 6.59. The van der Waals surface area contributed by atoms with Crippen LogP contribution in [0.15, 0.2) is 34.0 Å². The molecule has 3 rings (SSSR count). The number of pyridine rings is 1. The van der Waals surface area contributed by atoms with Crippen molar-refractivity contribution in [2.24, 2.45) is 7.05 Å². The second-order valence-corrected chi connectivity index (χ2v) is 8.95. The highest BCUT2D eigenvalue weighted by Gasteiger charge is 2.32. The van der Waals surface area contributed by atoms with E-state index in [4.69, 9.17) is 17.0 Å². The summed E-state index contributed by atoms with van der Waals surface area (Å²) in [4.78, 5) is 27.7. The highest BCUT2D eigenvalue weighted by atomic mass is 32.2. The lowest BCUT2D eigenvalue weighted by Crippen LogP contribution is -2.28. The summed E-state index contributed by atoms with van der Waals surface area (Å²) in [5, 5.41) is 12.9. The summed E-state index contributed by atoms with van der Waals surface area (Å²) in [6, 6.07) is 9.58. The summed E-state index contributed by atoms with van der Waals surface area (Å²) < 4.78 is 7.12. The predicted molar refractivity (Wildman–Crippen MR) is 132 cm³/mol. The van der Waals surface area contributed by atoms with E-state index in [0.29, 0.717) is 39.3 Å². The van der Waals surface area contributed by atoms with E-state index in [9.17, 15) is 14.9 Å². The number of rotatable bonds is 7. The van der Waals surface area contributed by atoms with Gasteiger partial charge in [0.15, 0.2) is 0 Å². The lowest BCUT2D eigenvalue weighted by Gasteiger charge is -2.18. The maximum absolute atomic E-state index is 12.9. The Kier molecular flexibility index (Phi) is 7.38. The SMILES string of the molecule is CCCN1C(=O)/C(=C\c2c(C)c(C#N)c(=O)n(C)c2NCc2ccc(OC)cc2)SC1=S. The lowest BCUT2D eigenvalue weighted by atomic mass is 10.0. The Balaban J connectivity index is 2.05. The topological polar surface area (TPSA) is 87.4 Å². The van der Waals surface area contributed by atoms with Gasteiger partial charge in [0.05, 0.1) is 12.0 Å². The largest absolute Gasteiger partial charge is 0.497 e. The first-order valence-corrected chi connectivity index (χ1v) is 11.3. The van der Waals surface area contributed by atoms with Crippen molar-refractivity contribution in [1.29, 1.82) is 5.26 Å². The molecular formula is C23H24N4O3S2. The smallest absolute Gasteiger partial charge is 0.270 e. The van der Waals surface area contributed by atoms with Crippen LogP contribution in [0.4, 0.5) is 5.82 Å². The number of benzene rings is 1. The predicted octanol–water partition coefficient (Wildman–Crippen LogP) is 3.80. The number of ether oxygens (including phenoxy) is 1. The van der Waals surface area contributed by atoms with E-state index in [1.54, 1.807) is 32.1 Å². The molecule has 166 valence electrons. The highest BCUT2D eigenvalue weighted by Crippen LogP contribution is 2.35. The van der Waals surface area contributed by atoms with Gasteiger partial charge in [-0.05, 0) is 42.7 Å². The first-order valence-electron chi connectivity index (χ1n) is 10.1. The summed E-state index contributed by atoms with van der Waals surface area (Å²) in [6.07, 6.45) is 2.52. The molecule has 9 heteroatoms. The zero-order valence-electron chi connectivity index (χ0n) is 18.4. The van der Waals surface area contributed by atoms with Gasteiger partial charge in [-0.15, -0.1) is 0 Å². The minimum Gasteiger partial charge on any atom is -0.497 e. The third kappa shape index (κ3) is 4.56. The maximum atomic E-state index is 12.9. The molecular weight excluding hydrogens is 444 g/mol. The molecule has 7 nitrogen and oxygen atoms in total. The molecule has 0 bridgehead atoms. The molecule has 1 saturated heterocycles. The average molecular weight is 469 g/mol. The van der Waals surface area contributed by atoms with Crippen LogP contribution in [-0.4, -0.2) is 33.3 Å². The number of nitrogens with one attached hydrogen (secondary N) is 1. The molecule has 1 aliphatic rings. The molecule has 1 aromatic heterocycles. The van der Waals surface area contributed by atoms with E-state index in [1.165, 1.54) is 16.3 Å². The summed E-state index contributed by atoms with van der Waals surface area (Å²) in [7, 11) is 3.22. The second-order valence-electron chi connectivity index (χ2n) is 7.27. The molecule has 1 fully saturated rings. The Morgan fingerprint density at radius 2 is 1.97 bits per heavy atom. The summed E-state index contributed by atoms with van der Waals surface area (Å²) in [5.74, 6) is 1.13. The van der Waals surface area contributed by atoms with Gasteiger partial charge in [0.25, 0.3) is 11.5 Å². The third-order valence-electron chi connectivity index (χ3n) is 5.22. The van der Waals surface area contributed by atoms with Crippen molar-refractivity contribution in [3.63, 3.8) is 0 Å². The van der Waals surface area contributed by atoms with Crippen LogP contribution in [0.5, 0.6) is 5.75 Å². The molecule has 0 saturated carbocycles. The van der Waals surface area contributed by atoms with Crippen molar-refractivity contribution in [2.75, 3.05) is 19.0 Å². The van der Waals surface area contributed by atoms with Crippen LogP contribution < -0.4 is 15.6 Å². The van der Waals surface area contributed by atoms with E-state index in [1.807, 2.05) is 37.3 Å². The van der Waals surface area contributed by atoms with Crippen LogP contribution >= 0.6 is 24.0 Å². The Morgan fingerprint density at radius 3 is 2.56 bits per heavy atom. The van der Waals surface area contributed by atoms with Gasteiger partial charge in [0.2, 0.25) is 0 Å². The lowest BCUT2D eigenvalue weighted by molar-refractivity contribution is -0.122. The number of carbonyl (C=O) groups is 1. The van der Waals surface area contributed by atoms with Crippen LogP contribution in [-0.2, 0) is 18.4 Å². The number of thiocarbonyl (C=S) groups is 1. The van der Waals surface area contributed by atoms with Crippen LogP contribution in [0.1, 0.15) is 35.6 Å². The maximum Gasteiger partial charge on any atom is 0.270 e. The van der Waals surface area contributed by atoms with Crippen molar-refractivity contribution >= 4 is 46.1 Å². The fourth-order valence-corrected chi connectivity index (χ4v) is 4.71. The first kappa shape index (κ1) is 23.6. The zero-order chi connectivity index (χ0) is 23.4. The van der Waals surface area contributed by atoms with E-state index in [-0.39, 0.29) is 11.5 Å². The van der Waals surface area contributed by atoms with Gasteiger partial charge in [0.1, 0.15) is 27.5 Å². The monoisotopic (exact) mass is 468 g/mol. The normalized spacial score (nSPS) is 14.7. The van der Waals surface area contributed by atoms with Gasteiger partial charge in [0, 0.05) is 25.7 Å². The molecule has 0 unspecified atom stereocenters. The summed E-state index contributed by atoms with van der Waals surface area (Å²) >= 11 is 6.60. The minimum absolute atomic E-state index is 0.0535. The molecule has 2 heterocycles. The van der Waals surface area contributed by atoms with Crippen molar-refractivity contribution in [3.05, 3.63) is 61.8 Å². The van der Waals surface area contributed by atoms with Crippen LogP contribution in [0.2, 0.25) is 0 Å². The molecule has 1 aliphatic heterocycles. The van der Waals surface area contributed by atoms with Gasteiger partial charge in [-0.1, -0.05) is 43.0 Å². The molecule has 1 aromatic carbocycles. The van der Waals surface area contributed by atoms with Gasteiger partial charge in [-0.25, -0.2) is 0 Å². The molecule has 1 N–H and O–H groups in total. The Bertz CT molecular complexity index is 1190. The van der Waals surface area contributed by atoms with Crippen LogP contribution in [0, 0.1) is 18.3 Å². The molecule has 0 spiro atoms. The first-order chi connectivity index (χ1) is 15.3. The fourth-order valence-electron chi connectivity index (χ4n) is 3.42. The molecule has 0 aliphatic carbocycles. The molecule has 0 radical (unpaired) electrons. The summed E-state index contributed by atoms with van der Waals surface area (Å²) in [5.41, 5.74) is 1.79. The standard InChI is InChI=1S/C23H24N4O3S2/c1-5-10-27-22(29)19(32-23(27)31)11-17-14(2)18(12-24)21(28)26(3)20(17)25-13-15-6-8-16(30-4)9-7-15/h6-9,11,25H,5,10,13H2,1-4H3/b19-11+. The molecule has 1 amide bonds. The molecule has 0 atom stereocenters. The van der Waals surface area contributed by atoms with E-state index >= 15 is 0 Å². The van der Waals surface area contributed by atoms with E-state index in [2.05, 4.69) is 5.32 Å². The number of hydrogen-bond acceptors (Lipinski definition) is 7. The van der Waals surface area contributed by atoms with Crippen molar-refractivity contribution in [3.8, 4) is 11.8 Å². The number of nitriles is 1. The van der Waals surface area contributed by atoms with Gasteiger partial charge in [-0.2, -0.15) is 5.26 Å². The number of methoxy groups -OCH3 is 1. The Labute approximate surface area is 196 Å². The van der Waals surface area contributed by atoms with Crippen LogP contribution in [0.3, 0.4) is 0 Å².